The molecule has 10 heteroatoms. The van der Waals surface area contributed by atoms with E-state index in [1.807, 2.05) is 5.32 Å². The van der Waals surface area contributed by atoms with Crippen molar-refractivity contribution in [3.8, 4) is 0 Å². The first kappa shape index (κ1) is 19.7. The fraction of sp³-hybridized carbons (Fsp3) is 0.222. The van der Waals surface area contributed by atoms with Crippen LogP contribution in [0.2, 0.25) is 0 Å². The molecule has 3 rings (SSSR count). The molecule has 2 aromatic rings. The Hall–Kier alpha value is -3.04. The summed E-state index contributed by atoms with van der Waals surface area (Å²) >= 11 is 0. The topological polar surface area (TPSA) is 58.2 Å². The van der Waals surface area contributed by atoms with E-state index in [1.54, 1.807) is 0 Å². The summed E-state index contributed by atoms with van der Waals surface area (Å²) < 4.78 is 78.9. The van der Waals surface area contributed by atoms with Crippen LogP contribution in [-0.2, 0) is 0 Å². The maximum absolute atomic E-state index is 14.0. The van der Waals surface area contributed by atoms with Crippen LogP contribution < -0.4 is 10.6 Å². The third kappa shape index (κ3) is 3.80. The molecule has 1 aliphatic rings. The van der Waals surface area contributed by atoms with Crippen molar-refractivity contribution in [1.82, 2.24) is 5.32 Å². The van der Waals surface area contributed by atoms with Gasteiger partial charge in [-0.15, -0.1) is 0 Å². The number of rotatable bonds is 4. The van der Waals surface area contributed by atoms with Gasteiger partial charge in [-0.05, 0) is 43.2 Å². The number of halogens is 6. The van der Waals surface area contributed by atoms with Crippen molar-refractivity contribution >= 4 is 17.5 Å². The molecule has 0 saturated heterocycles. The zero-order valence-electron chi connectivity index (χ0n) is 14.0. The Labute approximate surface area is 154 Å². The minimum Gasteiger partial charge on any atom is -0.338 e. The maximum Gasteiger partial charge on any atom is 0.411 e. The molecule has 0 atom stereocenters. The Balaban J connectivity index is 1.80. The molecule has 0 spiro atoms. The Kier molecular flexibility index (Phi) is 4.82. The van der Waals surface area contributed by atoms with Crippen molar-refractivity contribution in [3.05, 3.63) is 65.0 Å². The molecule has 2 amide bonds. The highest BCUT2D eigenvalue weighted by atomic mass is 19.4. The molecular weight excluding hydrogens is 390 g/mol. The lowest BCUT2D eigenvalue weighted by Crippen LogP contribution is -2.47. The van der Waals surface area contributed by atoms with E-state index in [-0.39, 0.29) is 24.1 Å². The number of nitrogens with one attached hydrogen (secondary N) is 2. The van der Waals surface area contributed by atoms with Crippen molar-refractivity contribution in [2.75, 3.05) is 5.32 Å². The summed E-state index contributed by atoms with van der Waals surface area (Å²) in [4.78, 5) is 24.3. The predicted molar refractivity (Wildman–Crippen MR) is 86.2 cm³/mol. The van der Waals surface area contributed by atoms with E-state index in [9.17, 15) is 35.9 Å². The molecule has 0 unspecified atom stereocenters. The van der Waals surface area contributed by atoms with Gasteiger partial charge in [-0.1, -0.05) is 0 Å². The second-order valence-corrected chi connectivity index (χ2v) is 6.31. The van der Waals surface area contributed by atoms with Gasteiger partial charge in [0.25, 0.3) is 11.8 Å². The van der Waals surface area contributed by atoms with Crippen molar-refractivity contribution < 1.29 is 35.9 Å². The van der Waals surface area contributed by atoms with Gasteiger partial charge in [0.2, 0.25) is 0 Å². The van der Waals surface area contributed by atoms with E-state index in [0.29, 0.717) is 6.07 Å². The van der Waals surface area contributed by atoms with Crippen LogP contribution in [-0.4, -0.2) is 23.5 Å². The maximum atomic E-state index is 14.0. The minimum absolute atomic E-state index is 0.174. The van der Waals surface area contributed by atoms with Crippen LogP contribution in [0.15, 0.2) is 36.4 Å². The van der Waals surface area contributed by atoms with Crippen LogP contribution in [0.1, 0.15) is 33.6 Å². The first-order chi connectivity index (χ1) is 13.0. The summed E-state index contributed by atoms with van der Waals surface area (Å²) in [5, 5.41) is 3.98. The Bertz CT molecular complexity index is 954. The zero-order valence-corrected chi connectivity index (χ0v) is 14.0. The Morgan fingerprint density at radius 3 is 2.07 bits per heavy atom. The molecule has 2 aromatic carbocycles. The number of anilines is 1. The lowest BCUT2D eigenvalue weighted by atomic mass is 10.1. The molecule has 0 aromatic heterocycles. The van der Waals surface area contributed by atoms with Crippen molar-refractivity contribution in [2.24, 2.45) is 0 Å². The summed E-state index contributed by atoms with van der Waals surface area (Å²) in [7, 11) is 0. The van der Waals surface area contributed by atoms with Crippen molar-refractivity contribution in [2.45, 2.75) is 24.6 Å². The molecule has 4 nitrogen and oxygen atoms in total. The van der Waals surface area contributed by atoms with Gasteiger partial charge in [0, 0.05) is 17.3 Å². The fourth-order valence-corrected chi connectivity index (χ4v) is 2.51. The van der Waals surface area contributed by atoms with Crippen LogP contribution >= 0.6 is 0 Å². The molecule has 0 heterocycles. The molecule has 0 bridgehead atoms. The molecule has 28 heavy (non-hydrogen) atoms. The molecular formula is C18H12F6N2O2. The van der Waals surface area contributed by atoms with E-state index in [4.69, 9.17) is 0 Å². The van der Waals surface area contributed by atoms with Crippen LogP contribution in [0.25, 0.3) is 0 Å². The molecule has 2 N–H and O–H groups in total. The fourth-order valence-electron chi connectivity index (χ4n) is 2.51. The predicted octanol–water partition coefficient (Wildman–Crippen LogP) is 4.18. The van der Waals surface area contributed by atoms with Gasteiger partial charge >= 0.3 is 6.18 Å². The van der Waals surface area contributed by atoms with E-state index in [1.165, 1.54) is 0 Å². The molecule has 0 radical (unpaired) electrons. The lowest BCUT2D eigenvalue weighted by Gasteiger charge is -2.20. The van der Waals surface area contributed by atoms with Gasteiger partial charge < -0.3 is 10.6 Å². The molecule has 0 aliphatic heterocycles. The number of carbonyl (C=O) groups is 2. The average Bonchev–Trinajstić information content (AvgIpc) is 3.39. The lowest BCUT2D eigenvalue weighted by molar-refractivity contribution is -0.163. The van der Waals surface area contributed by atoms with E-state index >= 15 is 0 Å². The summed E-state index contributed by atoms with van der Waals surface area (Å²) in [5.41, 5.74) is -3.49. The minimum atomic E-state index is -4.63. The van der Waals surface area contributed by atoms with Crippen molar-refractivity contribution in [1.29, 1.82) is 0 Å². The summed E-state index contributed by atoms with van der Waals surface area (Å²) in [5.74, 6) is -5.64. The normalized spacial score (nSPS) is 15.1. The molecule has 1 aliphatic carbocycles. The number of alkyl halides is 3. The number of hydrogen-bond donors (Lipinski definition) is 2. The van der Waals surface area contributed by atoms with E-state index in [2.05, 4.69) is 5.32 Å². The van der Waals surface area contributed by atoms with E-state index < -0.39 is 46.5 Å². The Morgan fingerprint density at radius 2 is 1.50 bits per heavy atom. The molecule has 1 fully saturated rings. The molecule has 148 valence electrons. The highest BCUT2D eigenvalue weighted by molar-refractivity contribution is 6.06. The molecule has 1 saturated carbocycles. The highest BCUT2D eigenvalue weighted by Crippen LogP contribution is 2.49. The second-order valence-electron chi connectivity index (χ2n) is 6.31. The van der Waals surface area contributed by atoms with Gasteiger partial charge in [0.05, 0.1) is 5.56 Å². The monoisotopic (exact) mass is 402 g/mol. The standard InChI is InChI=1S/C18H12F6N2O2/c19-12-3-1-9(15(27)26-17(5-6-17)18(22,23)24)7-11(12)16(28)25-10-2-4-13(20)14(21)8-10/h1-4,7-8H,5-6H2,(H,25,28)(H,26,27). The third-order valence-corrected chi connectivity index (χ3v) is 4.30. The van der Waals surface area contributed by atoms with Crippen LogP contribution in [0.3, 0.4) is 0 Å². The number of carbonyl (C=O) groups excluding carboxylic acids is 2. The average molecular weight is 402 g/mol. The van der Waals surface area contributed by atoms with Crippen molar-refractivity contribution in [3.63, 3.8) is 0 Å². The first-order valence-corrected chi connectivity index (χ1v) is 7.98. The van der Waals surface area contributed by atoms with Gasteiger partial charge in [0.15, 0.2) is 11.6 Å². The van der Waals surface area contributed by atoms with Crippen LogP contribution in [0.4, 0.5) is 32.0 Å². The second kappa shape index (κ2) is 6.84. The summed E-state index contributed by atoms with van der Waals surface area (Å²) in [6, 6.07) is 4.92. The zero-order chi connectivity index (χ0) is 20.7. The SMILES string of the molecule is O=C(NC1(C(F)(F)F)CC1)c1ccc(F)c(C(=O)Nc2ccc(F)c(F)c2)c1. The highest BCUT2D eigenvalue weighted by Gasteiger charge is 2.64. The van der Waals surface area contributed by atoms with Gasteiger partial charge in [-0.25, -0.2) is 13.2 Å². The van der Waals surface area contributed by atoms with E-state index in [0.717, 1.165) is 30.3 Å². The van der Waals surface area contributed by atoms with Gasteiger partial charge in [0.1, 0.15) is 11.4 Å². The van der Waals surface area contributed by atoms with Gasteiger partial charge in [-0.2, -0.15) is 13.2 Å². The summed E-state index contributed by atoms with van der Waals surface area (Å²) in [6.07, 6.45) is -5.17. The first-order valence-electron chi connectivity index (χ1n) is 7.98. The van der Waals surface area contributed by atoms with Crippen LogP contribution in [0, 0.1) is 17.5 Å². The largest absolute Gasteiger partial charge is 0.411 e. The summed E-state index contributed by atoms with van der Waals surface area (Å²) in [6.45, 7) is 0. The smallest absolute Gasteiger partial charge is 0.338 e. The number of hydrogen-bond acceptors (Lipinski definition) is 2. The van der Waals surface area contributed by atoms with Gasteiger partial charge in [-0.3, -0.25) is 9.59 Å². The number of amides is 2. The quantitative estimate of drug-likeness (QED) is 0.754. The number of benzene rings is 2. The third-order valence-electron chi connectivity index (χ3n) is 4.30. The Morgan fingerprint density at radius 1 is 0.857 bits per heavy atom. The van der Waals surface area contributed by atoms with Crippen LogP contribution in [0.5, 0.6) is 0 Å².